The highest BCUT2D eigenvalue weighted by Crippen LogP contribution is 2.34. The Balaban J connectivity index is 1.79. The van der Waals surface area contributed by atoms with Crippen LogP contribution in [0, 0.1) is 5.92 Å². The molecule has 2 amide bonds. The zero-order valence-corrected chi connectivity index (χ0v) is 15.7. The number of amides is 2. The fourth-order valence-electron chi connectivity index (χ4n) is 3.95. The van der Waals surface area contributed by atoms with E-state index in [1.54, 1.807) is 0 Å². The third kappa shape index (κ3) is 3.76. The minimum absolute atomic E-state index is 0.0775. The zero-order valence-electron chi connectivity index (χ0n) is 15.7. The van der Waals surface area contributed by atoms with E-state index in [2.05, 4.69) is 41.5 Å². The molecule has 2 aliphatic heterocycles. The van der Waals surface area contributed by atoms with Gasteiger partial charge in [0.1, 0.15) is 0 Å². The van der Waals surface area contributed by atoms with Gasteiger partial charge in [0.15, 0.2) is 5.60 Å². The van der Waals surface area contributed by atoms with E-state index in [1.165, 1.54) is 5.56 Å². The molecule has 6 heteroatoms. The molecule has 142 valence electrons. The van der Waals surface area contributed by atoms with Crippen LogP contribution in [0.3, 0.4) is 0 Å². The average molecular weight is 359 g/mol. The van der Waals surface area contributed by atoms with Crippen molar-refractivity contribution in [2.24, 2.45) is 5.92 Å². The maximum absolute atomic E-state index is 13.0. The topological polar surface area (TPSA) is 70.7 Å². The molecule has 1 spiro atoms. The van der Waals surface area contributed by atoms with Gasteiger partial charge in [0.05, 0.1) is 12.5 Å². The number of carbonyl (C=O) groups excluding carboxylic acids is 2. The van der Waals surface area contributed by atoms with Crippen molar-refractivity contribution in [3.63, 3.8) is 0 Å². The van der Waals surface area contributed by atoms with Gasteiger partial charge in [0.25, 0.3) is 5.91 Å². The second-order valence-corrected chi connectivity index (χ2v) is 7.22. The molecule has 26 heavy (non-hydrogen) atoms. The minimum atomic E-state index is -1.08. The van der Waals surface area contributed by atoms with Crippen LogP contribution >= 0.6 is 0 Å². The Hall–Kier alpha value is -1.92. The van der Waals surface area contributed by atoms with Crippen LogP contribution in [0.5, 0.6) is 0 Å². The molecule has 0 bridgehead atoms. The molecule has 2 N–H and O–H groups in total. The van der Waals surface area contributed by atoms with Gasteiger partial charge in [-0.1, -0.05) is 44.2 Å². The van der Waals surface area contributed by atoms with Crippen LogP contribution in [-0.4, -0.2) is 54.6 Å². The standard InChI is InChI=1S/C20H29N3O3/c1-3-16(4-2)22-18(24)17-13-23(12-15-8-6-5-7-9-15)14-20(17)19(25)21-10-11-26-20/h5-9,16-17H,3-4,10-14H2,1-2H3,(H,21,25)(H,22,24)/t17-,20-/m1/s1. The number of likely N-dealkylation sites (tertiary alicyclic amines) is 1. The molecular weight excluding hydrogens is 330 g/mol. The summed E-state index contributed by atoms with van der Waals surface area (Å²) in [6, 6.07) is 10.2. The Morgan fingerprint density at radius 3 is 2.73 bits per heavy atom. The molecule has 2 heterocycles. The number of morpholine rings is 1. The Morgan fingerprint density at radius 2 is 2.08 bits per heavy atom. The molecule has 1 aromatic rings. The van der Waals surface area contributed by atoms with E-state index in [1.807, 2.05) is 18.2 Å². The number of carbonyl (C=O) groups is 2. The van der Waals surface area contributed by atoms with Crippen LogP contribution in [0.25, 0.3) is 0 Å². The van der Waals surface area contributed by atoms with Gasteiger partial charge in [-0.3, -0.25) is 14.5 Å². The maximum atomic E-state index is 13.0. The highest BCUT2D eigenvalue weighted by Gasteiger charge is 2.57. The molecule has 1 aromatic carbocycles. The average Bonchev–Trinajstić information content (AvgIpc) is 3.02. The molecule has 0 saturated carbocycles. The third-order valence-electron chi connectivity index (χ3n) is 5.49. The summed E-state index contributed by atoms with van der Waals surface area (Å²) in [4.78, 5) is 27.9. The van der Waals surface area contributed by atoms with Gasteiger partial charge >= 0.3 is 0 Å². The Labute approximate surface area is 155 Å². The molecule has 6 nitrogen and oxygen atoms in total. The SMILES string of the molecule is CCC(CC)NC(=O)[C@H]1CN(Cc2ccccc2)C[C@@]12OCCNC2=O. The summed E-state index contributed by atoms with van der Waals surface area (Å²) in [5, 5.41) is 6.00. The molecule has 0 radical (unpaired) electrons. The lowest BCUT2D eigenvalue weighted by atomic mass is 9.87. The van der Waals surface area contributed by atoms with Gasteiger partial charge in [-0.2, -0.15) is 0 Å². The Morgan fingerprint density at radius 1 is 1.35 bits per heavy atom. The van der Waals surface area contributed by atoms with Gasteiger partial charge in [0.2, 0.25) is 5.91 Å². The molecule has 2 atom stereocenters. The molecule has 2 fully saturated rings. The molecule has 2 saturated heterocycles. The molecule has 0 unspecified atom stereocenters. The van der Waals surface area contributed by atoms with E-state index in [-0.39, 0.29) is 17.9 Å². The van der Waals surface area contributed by atoms with E-state index < -0.39 is 11.5 Å². The van der Waals surface area contributed by atoms with Crippen molar-refractivity contribution in [3.8, 4) is 0 Å². The van der Waals surface area contributed by atoms with Gasteiger partial charge in [-0.05, 0) is 18.4 Å². The van der Waals surface area contributed by atoms with Crippen molar-refractivity contribution in [2.45, 2.75) is 44.9 Å². The highest BCUT2D eigenvalue weighted by atomic mass is 16.5. The van der Waals surface area contributed by atoms with Crippen molar-refractivity contribution < 1.29 is 14.3 Å². The van der Waals surface area contributed by atoms with Gasteiger partial charge in [0, 0.05) is 32.2 Å². The molecular formula is C20H29N3O3. The molecule has 0 aliphatic carbocycles. The van der Waals surface area contributed by atoms with Crippen LogP contribution < -0.4 is 10.6 Å². The Bertz CT molecular complexity index is 632. The number of hydrogen-bond acceptors (Lipinski definition) is 4. The minimum Gasteiger partial charge on any atom is -0.361 e. The van der Waals surface area contributed by atoms with Crippen LogP contribution in [-0.2, 0) is 20.9 Å². The van der Waals surface area contributed by atoms with Crippen molar-refractivity contribution in [2.75, 3.05) is 26.2 Å². The van der Waals surface area contributed by atoms with E-state index in [4.69, 9.17) is 4.74 Å². The third-order valence-corrected chi connectivity index (χ3v) is 5.49. The van der Waals surface area contributed by atoms with Crippen molar-refractivity contribution in [3.05, 3.63) is 35.9 Å². The number of hydrogen-bond donors (Lipinski definition) is 2. The lowest BCUT2D eigenvalue weighted by Crippen LogP contribution is -2.62. The first-order valence-corrected chi connectivity index (χ1v) is 9.58. The van der Waals surface area contributed by atoms with Gasteiger partial charge < -0.3 is 15.4 Å². The molecule has 2 aliphatic rings. The fourth-order valence-corrected chi connectivity index (χ4v) is 3.95. The lowest BCUT2D eigenvalue weighted by Gasteiger charge is -2.36. The number of nitrogens with zero attached hydrogens (tertiary/aromatic N) is 1. The summed E-state index contributed by atoms with van der Waals surface area (Å²) in [5.74, 6) is -0.734. The van der Waals surface area contributed by atoms with Gasteiger partial charge in [-0.25, -0.2) is 0 Å². The van der Waals surface area contributed by atoms with E-state index >= 15 is 0 Å². The predicted octanol–water partition coefficient (Wildman–Crippen LogP) is 1.31. The molecule has 0 aromatic heterocycles. The summed E-state index contributed by atoms with van der Waals surface area (Å²) in [6.45, 7) is 6.73. The monoisotopic (exact) mass is 359 g/mol. The van der Waals surface area contributed by atoms with E-state index in [0.29, 0.717) is 32.8 Å². The largest absolute Gasteiger partial charge is 0.361 e. The zero-order chi connectivity index (χ0) is 18.6. The highest BCUT2D eigenvalue weighted by molar-refractivity contribution is 5.94. The number of benzene rings is 1. The summed E-state index contributed by atoms with van der Waals surface area (Å²) in [6.07, 6.45) is 1.76. The molecule has 3 rings (SSSR count). The van der Waals surface area contributed by atoms with Gasteiger partial charge in [-0.15, -0.1) is 0 Å². The lowest BCUT2D eigenvalue weighted by molar-refractivity contribution is -0.163. The van der Waals surface area contributed by atoms with Crippen LogP contribution in [0.15, 0.2) is 30.3 Å². The summed E-state index contributed by atoms with van der Waals surface area (Å²) in [7, 11) is 0. The smallest absolute Gasteiger partial charge is 0.254 e. The fraction of sp³-hybridized carbons (Fsp3) is 0.600. The van der Waals surface area contributed by atoms with Crippen LogP contribution in [0.2, 0.25) is 0 Å². The van der Waals surface area contributed by atoms with Crippen LogP contribution in [0.4, 0.5) is 0 Å². The van der Waals surface area contributed by atoms with Crippen LogP contribution in [0.1, 0.15) is 32.3 Å². The first kappa shape index (κ1) is 18.9. The van der Waals surface area contributed by atoms with E-state index in [9.17, 15) is 9.59 Å². The number of ether oxygens (including phenoxy) is 1. The first-order chi connectivity index (χ1) is 12.6. The number of rotatable bonds is 6. The quantitative estimate of drug-likeness (QED) is 0.803. The summed E-state index contributed by atoms with van der Waals surface area (Å²) < 4.78 is 5.97. The first-order valence-electron chi connectivity index (χ1n) is 9.58. The summed E-state index contributed by atoms with van der Waals surface area (Å²) >= 11 is 0. The van der Waals surface area contributed by atoms with Crippen molar-refractivity contribution >= 4 is 11.8 Å². The van der Waals surface area contributed by atoms with Crippen molar-refractivity contribution in [1.82, 2.24) is 15.5 Å². The predicted molar refractivity (Wildman–Crippen MR) is 99.4 cm³/mol. The summed E-state index contributed by atoms with van der Waals surface area (Å²) in [5.41, 5.74) is 0.0864. The second kappa shape index (κ2) is 8.18. The maximum Gasteiger partial charge on any atom is 0.254 e. The normalized spacial score (nSPS) is 26.3. The second-order valence-electron chi connectivity index (χ2n) is 7.22. The number of nitrogens with one attached hydrogen (secondary N) is 2. The van der Waals surface area contributed by atoms with E-state index in [0.717, 1.165) is 12.8 Å². The Kier molecular flexibility index (Phi) is 5.94. The van der Waals surface area contributed by atoms with Crippen molar-refractivity contribution in [1.29, 1.82) is 0 Å².